The molecule has 0 spiro atoms. The minimum absolute atomic E-state index is 0.385. The van der Waals surface area contributed by atoms with Gasteiger partial charge >= 0.3 is 5.97 Å². The van der Waals surface area contributed by atoms with Crippen molar-refractivity contribution in [3.63, 3.8) is 0 Å². The van der Waals surface area contributed by atoms with Gasteiger partial charge in [0.15, 0.2) is 0 Å². The van der Waals surface area contributed by atoms with Gasteiger partial charge in [-0.15, -0.1) is 0 Å². The van der Waals surface area contributed by atoms with Crippen molar-refractivity contribution in [2.75, 3.05) is 19.7 Å². The number of ether oxygens (including phenoxy) is 1. The number of aliphatic carboxylic acids is 1. The summed E-state index contributed by atoms with van der Waals surface area (Å²) in [6, 6.07) is 4.65. The molecule has 0 bridgehead atoms. The number of hydrogen-bond donors (Lipinski definition) is 1. The normalized spacial score (nSPS) is 19.6. The molecule has 1 atom stereocenters. The minimum Gasteiger partial charge on any atom is -0.491 e. The van der Waals surface area contributed by atoms with Crippen LogP contribution in [0.5, 0.6) is 5.75 Å². The molecule has 2 rings (SSSR count). The number of carboxylic acid groups (broad SMARTS) is 1. The molecule has 1 aliphatic rings. The lowest BCUT2D eigenvalue weighted by molar-refractivity contribution is -0.142. The summed E-state index contributed by atoms with van der Waals surface area (Å²) in [7, 11) is 0. The zero-order chi connectivity index (χ0) is 13.8. The van der Waals surface area contributed by atoms with E-state index in [-0.39, 0.29) is 6.04 Å². The quantitative estimate of drug-likeness (QED) is 0.908. The van der Waals surface area contributed by atoms with Crippen LogP contribution < -0.4 is 4.74 Å². The Hall–Kier alpha value is -0.970. The summed E-state index contributed by atoms with van der Waals surface area (Å²) in [5.74, 6) is -0.195. The fourth-order valence-corrected chi connectivity index (χ4v) is 2.70. The van der Waals surface area contributed by atoms with Gasteiger partial charge in [-0.1, -0.05) is 23.2 Å². The lowest BCUT2D eigenvalue weighted by atomic mass is 10.2. The monoisotopic (exact) mass is 303 g/mol. The number of carbonyl (C=O) groups is 1. The van der Waals surface area contributed by atoms with Crippen LogP contribution in [-0.4, -0.2) is 41.7 Å². The van der Waals surface area contributed by atoms with Gasteiger partial charge < -0.3 is 9.84 Å². The zero-order valence-corrected chi connectivity index (χ0v) is 11.8. The van der Waals surface area contributed by atoms with Crippen LogP contribution in [0.15, 0.2) is 18.2 Å². The number of hydrogen-bond acceptors (Lipinski definition) is 3. The van der Waals surface area contributed by atoms with Crippen LogP contribution in [-0.2, 0) is 4.79 Å². The first-order chi connectivity index (χ1) is 9.08. The lowest BCUT2D eigenvalue weighted by Gasteiger charge is -2.21. The molecule has 1 unspecified atom stereocenters. The molecule has 1 aromatic carbocycles. The molecule has 1 aromatic rings. The van der Waals surface area contributed by atoms with Crippen molar-refractivity contribution in [2.24, 2.45) is 0 Å². The first kappa shape index (κ1) is 14.4. The van der Waals surface area contributed by atoms with Gasteiger partial charge in [-0.2, -0.15) is 0 Å². The fourth-order valence-electron chi connectivity index (χ4n) is 2.24. The molecule has 1 fully saturated rings. The molecule has 0 saturated carbocycles. The summed E-state index contributed by atoms with van der Waals surface area (Å²) in [5.41, 5.74) is 0. The second-order valence-corrected chi connectivity index (χ2v) is 5.30. The summed E-state index contributed by atoms with van der Waals surface area (Å²) in [6.07, 6.45) is 1.62. The average molecular weight is 304 g/mol. The number of benzene rings is 1. The molecular weight excluding hydrogens is 289 g/mol. The van der Waals surface area contributed by atoms with Crippen molar-refractivity contribution < 1.29 is 14.6 Å². The van der Waals surface area contributed by atoms with E-state index in [1.807, 2.05) is 4.90 Å². The van der Waals surface area contributed by atoms with Crippen molar-refractivity contribution in [3.05, 3.63) is 28.2 Å². The fraction of sp³-hybridized carbons (Fsp3) is 0.462. The number of likely N-dealkylation sites (tertiary alicyclic amines) is 1. The molecule has 0 radical (unpaired) electrons. The first-order valence-electron chi connectivity index (χ1n) is 6.12. The Balaban J connectivity index is 1.84. The van der Waals surface area contributed by atoms with E-state index in [1.54, 1.807) is 18.2 Å². The Labute approximate surface area is 121 Å². The highest BCUT2D eigenvalue weighted by Gasteiger charge is 2.29. The molecule has 0 amide bonds. The number of carboxylic acids is 1. The number of halogens is 2. The van der Waals surface area contributed by atoms with E-state index in [0.29, 0.717) is 35.4 Å². The maximum absolute atomic E-state index is 11.0. The standard InChI is InChI=1S/C13H15Cl2NO3/c14-9-3-4-12(10(15)8-9)19-7-6-16-5-1-2-11(16)13(17)18/h3-4,8,11H,1-2,5-7H2,(H,17,18). The molecule has 6 heteroatoms. The molecule has 1 aliphatic heterocycles. The molecule has 1 saturated heterocycles. The molecular formula is C13H15Cl2NO3. The van der Waals surface area contributed by atoms with Crippen LogP contribution in [0, 0.1) is 0 Å². The lowest BCUT2D eigenvalue weighted by Crippen LogP contribution is -2.38. The van der Waals surface area contributed by atoms with E-state index >= 15 is 0 Å². The molecule has 1 heterocycles. The van der Waals surface area contributed by atoms with E-state index in [0.717, 1.165) is 13.0 Å². The molecule has 19 heavy (non-hydrogen) atoms. The van der Waals surface area contributed by atoms with Gasteiger partial charge in [-0.25, -0.2) is 0 Å². The Morgan fingerprint density at radius 2 is 2.26 bits per heavy atom. The van der Waals surface area contributed by atoms with E-state index in [9.17, 15) is 4.79 Å². The van der Waals surface area contributed by atoms with Crippen LogP contribution in [0.3, 0.4) is 0 Å². The van der Waals surface area contributed by atoms with Crippen LogP contribution in [0.1, 0.15) is 12.8 Å². The predicted octanol–water partition coefficient (Wildman–Crippen LogP) is 2.92. The number of rotatable bonds is 5. The van der Waals surface area contributed by atoms with Gasteiger partial charge in [0, 0.05) is 11.6 Å². The van der Waals surface area contributed by atoms with Crippen LogP contribution in [0.4, 0.5) is 0 Å². The summed E-state index contributed by atoms with van der Waals surface area (Å²) < 4.78 is 5.56. The van der Waals surface area contributed by atoms with Gasteiger partial charge in [0.1, 0.15) is 18.4 Å². The molecule has 0 aromatic heterocycles. The third-order valence-electron chi connectivity index (χ3n) is 3.18. The summed E-state index contributed by atoms with van der Waals surface area (Å²) in [6.45, 7) is 1.79. The summed E-state index contributed by atoms with van der Waals surface area (Å²) in [5, 5.41) is 10.1. The highest BCUT2D eigenvalue weighted by molar-refractivity contribution is 6.35. The van der Waals surface area contributed by atoms with Gasteiger partial charge in [0.25, 0.3) is 0 Å². The Kier molecular flexibility index (Phi) is 4.91. The Morgan fingerprint density at radius 1 is 1.47 bits per heavy atom. The van der Waals surface area contributed by atoms with E-state index in [1.165, 1.54) is 0 Å². The van der Waals surface area contributed by atoms with Gasteiger partial charge in [0.05, 0.1) is 5.02 Å². The first-order valence-corrected chi connectivity index (χ1v) is 6.88. The van der Waals surface area contributed by atoms with Gasteiger partial charge in [0.2, 0.25) is 0 Å². The average Bonchev–Trinajstić information content (AvgIpc) is 2.80. The Bertz CT molecular complexity index is 467. The van der Waals surface area contributed by atoms with Gasteiger partial charge in [-0.05, 0) is 37.6 Å². The van der Waals surface area contributed by atoms with Crippen molar-refractivity contribution in [1.82, 2.24) is 4.90 Å². The van der Waals surface area contributed by atoms with E-state index < -0.39 is 5.97 Å². The maximum Gasteiger partial charge on any atom is 0.320 e. The smallest absolute Gasteiger partial charge is 0.320 e. The van der Waals surface area contributed by atoms with Crippen molar-refractivity contribution in [2.45, 2.75) is 18.9 Å². The van der Waals surface area contributed by atoms with Crippen molar-refractivity contribution in [1.29, 1.82) is 0 Å². The van der Waals surface area contributed by atoms with E-state index in [2.05, 4.69) is 0 Å². The predicted molar refractivity (Wildman–Crippen MR) is 74.2 cm³/mol. The highest BCUT2D eigenvalue weighted by Crippen LogP contribution is 2.27. The van der Waals surface area contributed by atoms with Crippen molar-refractivity contribution >= 4 is 29.2 Å². The molecule has 1 N–H and O–H groups in total. The van der Waals surface area contributed by atoms with E-state index in [4.69, 9.17) is 33.0 Å². The molecule has 4 nitrogen and oxygen atoms in total. The van der Waals surface area contributed by atoms with Crippen LogP contribution in [0.2, 0.25) is 10.0 Å². The topological polar surface area (TPSA) is 49.8 Å². The van der Waals surface area contributed by atoms with Crippen molar-refractivity contribution in [3.8, 4) is 5.75 Å². The largest absolute Gasteiger partial charge is 0.491 e. The maximum atomic E-state index is 11.0. The highest BCUT2D eigenvalue weighted by atomic mass is 35.5. The second-order valence-electron chi connectivity index (χ2n) is 4.46. The SMILES string of the molecule is O=C(O)C1CCCN1CCOc1ccc(Cl)cc1Cl. The third kappa shape index (κ3) is 3.75. The Morgan fingerprint density at radius 3 is 2.95 bits per heavy atom. The summed E-state index contributed by atoms with van der Waals surface area (Å²) >= 11 is 11.8. The molecule has 0 aliphatic carbocycles. The van der Waals surface area contributed by atoms with Crippen LogP contribution >= 0.6 is 23.2 Å². The van der Waals surface area contributed by atoms with Gasteiger partial charge in [-0.3, -0.25) is 9.69 Å². The second kappa shape index (κ2) is 6.46. The third-order valence-corrected chi connectivity index (χ3v) is 3.71. The number of nitrogens with zero attached hydrogens (tertiary/aromatic N) is 1. The van der Waals surface area contributed by atoms with Crippen LogP contribution in [0.25, 0.3) is 0 Å². The minimum atomic E-state index is -0.762. The zero-order valence-electron chi connectivity index (χ0n) is 10.3. The molecule has 104 valence electrons. The summed E-state index contributed by atoms with van der Waals surface area (Å²) in [4.78, 5) is 12.9.